The molecule has 0 aromatic heterocycles. The second-order valence-corrected chi connectivity index (χ2v) is 5.19. The lowest BCUT2D eigenvalue weighted by atomic mass is 10.0. The molecule has 0 spiro atoms. The van der Waals surface area contributed by atoms with Crippen LogP contribution >= 0.6 is 0 Å². The van der Waals surface area contributed by atoms with Gasteiger partial charge in [0.2, 0.25) is 0 Å². The molecule has 1 heterocycles. The van der Waals surface area contributed by atoms with E-state index in [4.69, 9.17) is 9.47 Å². The highest BCUT2D eigenvalue weighted by Gasteiger charge is 2.35. The number of carbonyl (C=O) groups is 1. The normalized spacial score (nSPS) is 23.1. The summed E-state index contributed by atoms with van der Waals surface area (Å²) in [7, 11) is 3.44. The topological polar surface area (TPSA) is 50.8 Å². The zero-order valence-corrected chi connectivity index (χ0v) is 12.0. The number of likely N-dealkylation sites (N-methyl/N-ethyl adjacent to an activating group) is 2. The van der Waals surface area contributed by atoms with Crippen molar-refractivity contribution in [2.45, 2.75) is 38.3 Å². The summed E-state index contributed by atoms with van der Waals surface area (Å²) in [5.41, 5.74) is -0.656. The van der Waals surface area contributed by atoms with Gasteiger partial charge in [-0.05, 0) is 33.4 Å². The number of methoxy groups -OCH3 is 1. The maximum absolute atomic E-state index is 11.9. The maximum atomic E-state index is 11.9. The number of nitrogens with one attached hydrogen (secondary N) is 1. The van der Waals surface area contributed by atoms with E-state index in [1.54, 1.807) is 0 Å². The van der Waals surface area contributed by atoms with E-state index in [2.05, 4.69) is 10.2 Å². The first kappa shape index (κ1) is 15.4. The summed E-state index contributed by atoms with van der Waals surface area (Å²) >= 11 is 0. The van der Waals surface area contributed by atoms with Gasteiger partial charge in [-0.3, -0.25) is 4.79 Å². The summed E-state index contributed by atoms with van der Waals surface area (Å²) < 4.78 is 10.5. The number of nitrogens with zero attached hydrogens (tertiary/aromatic N) is 1. The molecule has 106 valence electrons. The van der Waals surface area contributed by atoms with Crippen molar-refractivity contribution in [1.29, 1.82) is 0 Å². The molecule has 2 unspecified atom stereocenters. The van der Waals surface area contributed by atoms with Crippen LogP contribution in [0.4, 0.5) is 0 Å². The molecule has 0 aromatic rings. The number of ether oxygens (including phenoxy) is 2. The van der Waals surface area contributed by atoms with Crippen molar-refractivity contribution >= 4 is 5.97 Å². The van der Waals surface area contributed by atoms with Gasteiger partial charge in [-0.25, -0.2) is 0 Å². The van der Waals surface area contributed by atoms with E-state index >= 15 is 0 Å². The predicted molar refractivity (Wildman–Crippen MR) is 70.6 cm³/mol. The molecule has 5 heteroatoms. The Labute approximate surface area is 110 Å². The van der Waals surface area contributed by atoms with E-state index < -0.39 is 5.54 Å². The smallest absolute Gasteiger partial charge is 0.327 e. The SMILES string of the molecule is CCNC(C)(CN(C)CC1CCCO1)C(=O)OC. The third-order valence-corrected chi connectivity index (χ3v) is 3.33. The van der Waals surface area contributed by atoms with Crippen LogP contribution in [0.25, 0.3) is 0 Å². The molecule has 0 radical (unpaired) electrons. The fourth-order valence-electron chi connectivity index (χ4n) is 2.55. The molecule has 1 fully saturated rings. The molecule has 1 N–H and O–H groups in total. The molecular weight excluding hydrogens is 232 g/mol. The maximum Gasteiger partial charge on any atom is 0.327 e. The fraction of sp³-hybridized carbons (Fsp3) is 0.923. The van der Waals surface area contributed by atoms with E-state index in [1.165, 1.54) is 7.11 Å². The second kappa shape index (κ2) is 7.07. The van der Waals surface area contributed by atoms with Gasteiger partial charge in [0.15, 0.2) is 0 Å². The molecule has 18 heavy (non-hydrogen) atoms. The summed E-state index contributed by atoms with van der Waals surface area (Å²) in [5.74, 6) is -0.219. The first-order valence-corrected chi connectivity index (χ1v) is 6.65. The zero-order valence-electron chi connectivity index (χ0n) is 12.0. The lowest BCUT2D eigenvalue weighted by Gasteiger charge is -2.32. The van der Waals surface area contributed by atoms with E-state index in [-0.39, 0.29) is 5.97 Å². The Morgan fingerprint density at radius 1 is 1.61 bits per heavy atom. The molecule has 1 aliphatic rings. The summed E-state index contributed by atoms with van der Waals surface area (Å²) in [4.78, 5) is 14.0. The lowest BCUT2D eigenvalue weighted by Crippen LogP contribution is -2.57. The summed E-state index contributed by atoms with van der Waals surface area (Å²) in [6, 6.07) is 0. The van der Waals surface area contributed by atoms with Crippen LogP contribution in [-0.4, -0.2) is 62.9 Å². The Hall–Kier alpha value is -0.650. The average molecular weight is 258 g/mol. The molecule has 0 amide bonds. The van der Waals surface area contributed by atoms with Crippen LogP contribution in [0.1, 0.15) is 26.7 Å². The van der Waals surface area contributed by atoms with Gasteiger partial charge in [-0.1, -0.05) is 6.92 Å². The van der Waals surface area contributed by atoms with Gasteiger partial charge >= 0.3 is 5.97 Å². The first-order valence-electron chi connectivity index (χ1n) is 6.65. The molecule has 5 nitrogen and oxygen atoms in total. The molecule has 0 bridgehead atoms. The Bertz CT molecular complexity index is 267. The van der Waals surface area contributed by atoms with Gasteiger partial charge < -0.3 is 19.7 Å². The van der Waals surface area contributed by atoms with Crippen LogP contribution in [0.2, 0.25) is 0 Å². The Morgan fingerprint density at radius 2 is 2.33 bits per heavy atom. The van der Waals surface area contributed by atoms with Crippen LogP contribution in [-0.2, 0) is 14.3 Å². The fourth-order valence-corrected chi connectivity index (χ4v) is 2.55. The second-order valence-electron chi connectivity index (χ2n) is 5.19. The van der Waals surface area contributed by atoms with Crippen molar-refractivity contribution in [2.24, 2.45) is 0 Å². The highest BCUT2D eigenvalue weighted by Crippen LogP contribution is 2.15. The van der Waals surface area contributed by atoms with Crippen molar-refractivity contribution in [2.75, 3.05) is 40.4 Å². The lowest BCUT2D eigenvalue weighted by molar-refractivity contribution is -0.148. The number of esters is 1. The molecule has 0 aromatic carbocycles. The van der Waals surface area contributed by atoms with E-state index in [1.807, 2.05) is 20.9 Å². The third-order valence-electron chi connectivity index (χ3n) is 3.33. The standard InChI is InChI=1S/C13H26N2O3/c1-5-14-13(2,12(16)17-4)10-15(3)9-11-7-6-8-18-11/h11,14H,5-10H2,1-4H3. The number of hydrogen-bond donors (Lipinski definition) is 1. The molecule has 0 aliphatic carbocycles. The third kappa shape index (κ3) is 4.23. The Balaban J connectivity index is 2.50. The molecular formula is C13H26N2O3. The predicted octanol–water partition coefficient (Wildman–Crippen LogP) is 0.638. The molecule has 1 rings (SSSR count). The van der Waals surface area contributed by atoms with Gasteiger partial charge in [0, 0.05) is 19.7 Å². The van der Waals surface area contributed by atoms with Gasteiger partial charge in [-0.2, -0.15) is 0 Å². The van der Waals surface area contributed by atoms with Crippen LogP contribution in [0.3, 0.4) is 0 Å². The van der Waals surface area contributed by atoms with Crippen LogP contribution in [0.5, 0.6) is 0 Å². The van der Waals surface area contributed by atoms with Crippen molar-refractivity contribution in [3.05, 3.63) is 0 Å². The molecule has 2 atom stereocenters. The minimum Gasteiger partial charge on any atom is -0.468 e. The zero-order chi connectivity index (χ0) is 13.6. The Kier molecular flexibility index (Phi) is 6.05. The highest BCUT2D eigenvalue weighted by atomic mass is 16.5. The molecule has 1 aliphatic heterocycles. The Morgan fingerprint density at radius 3 is 2.83 bits per heavy atom. The summed E-state index contributed by atoms with van der Waals surface area (Å²) in [6.45, 7) is 6.94. The van der Waals surface area contributed by atoms with Gasteiger partial charge in [-0.15, -0.1) is 0 Å². The van der Waals surface area contributed by atoms with Gasteiger partial charge in [0.25, 0.3) is 0 Å². The van der Waals surface area contributed by atoms with Gasteiger partial charge in [0.05, 0.1) is 13.2 Å². The van der Waals surface area contributed by atoms with Gasteiger partial charge in [0.1, 0.15) is 5.54 Å². The van der Waals surface area contributed by atoms with Crippen molar-refractivity contribution in [1.82, 2.24) is 10.2 Å². The molecule has 0 saturated carbocycles. The first-order chi connectivity index (χ1) is 8.51. The summed E-state index contributed by atoms with van der Waals surface area (Å²) in [6.07, 6.45) is 2.55. The minimum atomic E-state index is -0.656. The minimum absolute atomic E-state index is 0.219. The van der Waals surface area contributed by atoms with E-state index in [0.29, 0.717) is 12.6 Å². The van der Waals surface area contributed by atoms with Crippen molar-refractivity contribution in [3.63, 3.8) is 0 Å². The number of hydrogen-bond acceptors (Lipinski definition) is 5. The average Bonchev–Trinajstić information content (AvgIpc) is 2.80. The highest BCUT2D eigenvalue weighted by molar-refractivity contribution is 5.80. The summed E-state index contributed by atoms with van der Waals surface area (Å²) in [5, 5.41) is 3.21. The largest absolute Gasteiger partial charge is 0.468 e. The monoisotopic (exact) mass is 258 g/mol. The van der Waals surface area contributed by atoms with Crippen LogP contribution in [0, 0.1) is 0 Å². The molecule has 1 saturated heterocycles. The number of carbonyl (C=O) groups excluding carboxylic acids is 1. The van der Waals surface area contributed by atoms with Crippen LogP contribution < -0.4 is 5.32 Å². The number of rotatable bonds is 7. The quantitative estimate of drug-likeness (QED) is 0.679. The van der Waals surface area contributed by atoms with E-state index in [9.17, 15) is 4.79 Å². The van der Waals surface area contributed by atoms with Crippen molar-refractivity contribution < 1.29 is 14.3 Å². The van der Waals surface area contributed by atoms with E-state index in [0.717, 1.165) is 32.5 Å². The van der Waals surface area contributed by atoms with Crippen molar-refractivity contribution in [3.8, 4) is 0 Å². The van der Waals surface area contributed by atoms with Crippen LogP contribution in [0.15, 0.2) is 0 Å².